The van der Waals surface area contributed by atoms with Crippen molar-refractivity contribution < 1.29 is 4.74 Å². The van der Waals surface area contributed by atoms with Gasteiger partial charge in [-0.2, -0.15) is 0 Å². The summed E-state index contributed by atoms with van der Waals surface area (Å²) in [4.78, 5) is 2.68. The molecule has 0 aromatic rings. The summed E-state index contributed by atoms with van der Waals surface area (Å²) in [5.74, 6) is 0. The predicted molar refractivity (Wildman–Crippen MR) is 75.9 cm³/mol. The highest BCUT2D eigenvalue weighted by Gasteiger charge is 2.34. The topological polar surface area (TPSA) is 24.5 Å². The first-order valence-corrected chi connectivity index (χ1v) is 7.56. The van der Waals surface area contributed by atoms with Crippen molar-refractivity contribution >= 4 is 0 Å². The highest BCUT2D eigenvalue weighted by molar-refractivity contribution is 4.91. The zero-order valence-corrected chi connectivity index (χ0v) is 12.5. The van der Waals surface area contributed by atoms with E-state index in [0.29, 0.717) is 23.6 Å². The first kappa shape index (κ1) is 14.3. The van der Waals surface area contributed by atoms with Gasteiger partial charge >= 0.3 is 0 Å². The van der Waals surface area contributed by atoms with E-state index in [1.807, 2.05) is 0 Å². The van der Waals surface area contributed by atoms with Crippen molar-refractivity contribution in [2.75, 3.05) is 26.2 Å². The molecule has 0 amide bonds. The van der Waals surface area contributed by atoms with Crippen LogP contribution in [0.1, 0.15) is 47.0 Å². The molecule has 18 heavy (non-hydrogen) atoms. The van der Waals surface area contributed by atoms with Gasteiger partial charge in [0.2, 0.25) is 0 Å². The molecule has 3 nitrogen and oxygen atoms in total. The minimum absolute atomic E-state index is 0.351. The standard InChI is InChI=1S/C15H30N2O/c1-12-11-17(8-7-13-6-5-9-18-13)14(10-16-12)15(2,3)4/h12-14,16H,5-11H2,1-4H3. The molecule has 2 aliphatic heterocycles. The smallest absolute Gasteiger partial charge is 0.0588 e. The number of piperazine rings is 1. The SMILES string of the molecule is CC1CN(CCC2CCCO2)C(C(C)(C)C)CN1. The van der Waals surface area contributed by atoms with Gasteiger partial charge in [0.25, 0.3) is 0 Å². The van der Waals surface area contributed by atoms with Crippen LogP contribution in [0.5, 0.6) is 0 Å². The zero-order valence-electron chi connectivity index (χ0n) is 12.5. The Labute approximate surface area is 112 Å². The summed E-state index contributed by atoms with van der Waals surface area (Å²) in [7, 11) is 0. The van der Waals surface area contributed by atoms with Gasteiger partial charge in [0.15, 0.2) is 0 Å². The van der Waals surface area contributed by atoms with Crippen molar-refractivity contribution in [3.05, 3.63) is 0 Å². The summed E-state index contributed by atoms with van der Waals surface area (Å²) in [6.45, 7) is 13.8. The Morgan fingerprint density at radius 2 is 2.11 bits per heavy atom. The molecule has 0 saturated carbocycles. The molecule has 2 saturated heterocycles. The van der Waals surface area contributed by atoms with Crippen LogP contribution in [0.25, 0.3) is 0 Å². The monoisotopic (exact) mass is 254 g/mol. The molecule has 0 radical (unpaired) electrons. The maximum absolute atomic E-state index is 5.75. The van der Waals surface area contributed by atoms with Crippen molar-refractivity contribution in [3.63, 3.8) is 0 Å². The van der Waals surface area contributed by atoms with Gasteiger partial charge in [-0.3, -0.25) is 4.90 Å². The van der Waals surface area contributed by atoms with Crippen molar-refractivity contribution in [2.24, 2.45) is 5.41 Å². The molecule has 0 aromatic carbocycles. The normalized spacial score (nSPS) is 35.0. The van der Waals surface area contributed by atoms with Crippen molar-refractivity contribution in [1.29, 1.82) is 0 Å². The van der Waals surface area contributed by atoms with Gasteiger partial charge in [0.05, 0.1) is 6.10 Å². The summed E-state index contributed by atoms with van der Waals surface area (Å²) < 4.78 is 5.75. The molecule has 106 valence electrons. The van der Waals surface area contributed by atoms with Crippen molar-refractivity contribution in [3.8, 4) is 0 Å². The van der Waals surface area contributed by atoms with E-state index in [-0.39, 0.29) is 0 Å². The third-order valence-electron chi connectivity index (χ3n) is 4.37. The first-order chi connectivity index (χ1) is 8.47. The highest BCUT2D eigenvalue weighted by atomic mass is 16.5. The molecule has 0 aromatic heterocycles. The molecular formula is C15H30N2O. The Morgan fingerprint density at radius 1 is 1.33 bits per heavy atom. The summed E-state index contributed by atoms with van der Waals surface area (Å²) >= 11 is 0. The molecule has 3 unspecified atom stereocenters. The first-order valence-electron chi connectivity index (χ1n) is 7.56. The number of hydrogen-bond donors (Lipinski definition) is 1. The molecule has 0 spiro atoms. The molecule has 3 atom stereocenters. The van der Waals surface area contributed by atoms with E-state index < -0.39 is 0 Å². The number of nitrogens with one attached hydrogen (secondary N) is 1. The van der Waals surface area contributed by atoms with Gasteiger partial charge in [-0.25, -0.2) is 0 Å². The van der Waals surface area contributed by atoms with Gasteiger partial charge in [0.1, 0.15) is 0 Å². The highest BCUT2D eigenvalue weighted by Crippen LogP contribution is 2.27. The van der Waals surface area contributed by atoms with Crippen LogP contribution >= 0.6 is 0 Å². The zero-order chi connectivity index (χ0) is 13.2. The Morgan fingerprint density at radius 3 is 2.72 bits per heavy atom. The molecular weight excluding hydrogens is 224 g/mol. The van der Waals surface area contributed by atoms with Crippen molar-refractivity contribution in [1.82, 2.24) is 10.2 Å². The van der Waals surface area contributed by atoms with Crippen LogP contribution in [-0.4, -0.2) is 49.3 Å². The Bertz CT molecular complexity index is 256. The maximum atomic E-state index is 5.75. The average Bonchev–Trinajstić information content (AvgIpc) is 2.77. The lowest BCUT2D eigenvalue weighted by Gasteiger charge is -2.46. The van der Waals surface area contributed by atoms with Crippen LogP contribution in [0.15, 0.2) is 0 Å². The largest absolute Gasteiger partial charge is 0.378 e. The molecule has 1 N–H and O–H groups in total. The fourth-order valence-corrected chi connectivity index (χ4v) is 3.27. The van der Waals surface area contributed by atoms with Gasteiger partial charge < -0.3 is 10.1 Å². The van der Waals surface area contributed by atoms with Crippen LogP contribution in [-0.2, 0) is 4.74 Å². The van der Waals surface area contributed by atoms with Crippen LogP contribution in [0.3, 0.4) is 0 Å². The van der Waals surface area contributed by atoms with Gasteiger partial charge in [-0.15, -0.1) is 0 Å². The summed E-state index contributed by atoms with van der Waals surface area (Å²) in [5.41, 5.74) is 0.351. The lowest BCUT2D eigenvalue weighted by Crippen LogP contribution is -2.60. The third kappa shape index (κ3) is 3.69. The van der Waals surface area contributed by atoms with Crippen LogP contribution in [0.2, 0.25) is 0 Å². The van der Waals surface area contributed by atoms with E-state index in [4.69, 9.17) is 4.74 Å². The van der Waals surface area contributed by atoms with Gasteiger partial charge in [-0.05, 0) is 31.6 Å². The summed E-state index contributed by atoms with van der Waals surface area (Å²) in [6, 6.07) is 1.27. The average molecular weight is 254 g/mol. The van der Waals surface area contributed by atoms with Crippen LogP contribution < -0.4 is 5.32 Å². The Kier molecular flexibility index (Phi) is 4.68. The summed E-state index contributed by atoms with van der Waals surface area (Å²) in [6.07, 6.45) is 4.25. The molecule has 2 aliphatic rings. The number of ether oxygens (including phenoxy) is 1. The van der Waals surface area contributed by atoms with E-state index in [1.165, 1.54) is 32.4 Å². The second-order valence-corrected chi connectivity index (χ2v) is 7.11. The molecule has 3 heteroatoms. The predicted octanol–water partition coefficient (Wildman–Crippen LogP) is 2.26. The maximum Gasteiger partial charge on any atom is 0.0588 e. The Hall–Kier alpha value is -0.120. The fourth-order valence-electron chi connectivity index (χ4n) is 3.27. The minimum Gasteiger partial charge on any atom is -0.378 e. The quantitative estimate of drug-likeness (QED) is 0.836. The van der Waals surface area contributed by atoms with Crippen molar-refractivity contribution in [2.45, 2.75) is 65.1 Å². The van der Waals surface area contributed by atoms with E-state index in [0.717, 1.165) is 13.2 Å². The molecule has 2 heterocycles. The van der Waals surface area contributed by atoms with E-state index in [9.17, 15) is 0 Å². The molecule has 0 aliphatic carbocycles. The lowest BCUT2D eigenvalue weighted by atomic mass is 9.84. The van der Waals surface area contributed by atoms with E-state index in [2.05, 4.69) is 37.9 Å². The third-order valence-corrected chi connectivity index (χ3v) is 4.37. The van der Waals surface area contributed by atoms with Crippen LogP contribution in [0, 0.1) is 5.41 Å². The Balaban J connectivity index is 1.88. The van der Waals surface area contributed by atoms with E-state index in [1.54, 1.807) is 0 Å². The lowest BCUT2D eigenvalue weighted by molar-refractivity contribution is 0.0364. The summed E-state index contributed by atoms with van der Waals surface area (Å²) in [5, 5.41) is 3.62. The fraction of sp³-hybridized carbons (Fsp3) is 1.00. The number of rotatable bonds is 3. The number of nitrogens with zero attached hydrogens (tertiary/aromatic N) is 1. The molecule has 2 fully saturated rings. The van der Waals surface area contributed by atoms with Crippen LogP contribution in [0.4, 0.5) is 0 Å². The minimum atomic E-state index is 0.351. The van der Waals surface area contributed by atoms with E-state index >= 15 is 0 Å². The van der Waals surface area contributed by atoms with Gasteiger partial charge in [0, 0.05) is 38.3 Å². The number of hydrogen-bond acceptors (Lipinski definition) is 3. The molecule has 2 rings (SSSR count). The second kappa shape index (κ2) is 5.89. The molecule has 0 bridgehead atoms. The van der Waals surface area contributed by atoms with Gasteiger partial charge in [-0.1, -0.05) is 20.8 Å². The second-order valence-electron chi connectivity index (χ2n) is 7.11.